The third-order valence-electron chi connectivity index (χ3n) is 5.46. The van der Waals surface area contributed by atoms with Gasteiger partial charge in [-0.15, -0.1) is 0 Å². The number of fused-ring (bicyclic) bond motifs is 1. The zero-order valence-electron chi connectivity index (χ0n) is 16.4. The molecule has 0 aliphatic carbocycles. The number of rotatable bonds is 6. The van der Waals surface area contributed by atoms with E-state index in [1.54, 1.807) is 17.5 Å². The zero-order valence-corrected chi connectivity index (χ0v) is 17.3. The Bertz CT molecular complexity index is 1160. The lowest BCUT2D eigenvalue weighted by Crippen LogP contribution is -2.36. The van der Waals surface area contributed by atoms with Crippen LogP contribution in [0.25, 0.3) is 21.7 Å². The second-order valence-electron chi connectivity index (χ2n) is 7.39. The van der Waals surface area contributed by atoms with E-state index in [1.165, 1.54) is 11.9 Å². The highest BCUT2D eigenvalue weighted by molar-refractivity contribution is 7.22. The van der Waals surface area contributed by atoms with Crippen LogP contribution in [0.5, 0.6) is 0 Å². The van der Waals surface area contributed by atoms with Crippen LogP contribution in [-0.2, 0) is 11.2 Å². The molecule has 1 aromatic carbocycles. The molecule has 3 aromatic heterocycles. The summed E-state index contributed by atoms with van der Waals surface area (Å²) in [5.41, 5.74) is 3.45. The number of pyridine rings is 1. The van der Waals surface area contributed by atoms with Gasteiger partial charge in [0.05, 0.1) is 11.7 Å². The molecule has 6 nitrogen and oxygen atoms in total. The lowest BCUT2D eigenvalue weighted by atomic mass is 10.0. The van der Waals surface area contributed by atoms with Crippen molar-refractivity contribution in [3.05, 3.63) is 66.6 Å². The number of nitrogens with zero attached hydrogens (tertiary/aromatic N) is 5. The summed E-state index contributed by atoms with van der Waals surface area (Å²) in [6.45, 7) is 0.841. The van der Waals surface area contributed by atoms with E-state index < -0.39 is 0 Å². The van der Waals surface area contributed by atoms with Gasteiger partial charge in [-0.2, -0.15) is 4.98 Å². The van der Waals surface area contributed by atoms with Crippen molar-refractivity contribution < 1.29 is 4.79 Å². The molecule has 0 unspecified atom stereocenters. The van der Waals surface area contributed by atoms with Gasteiger partial charge in [-0.25, -0.2) is 9.97 Å². The topological polar surface area (TPSA) is 71.9 Å². The maximum absolute atomic E-state index is 13.0. The molecule has 0 bridgehead atoms. The number of hydrogen-bond donors (Lipinski definition) is 0. The lowest BCUT2D eigenvalue weighted by Gasteiger charge is -2.22. The Labute approximate surface area is 178 Å². The van der Waals surface area contributed by atoms with Crippen LogP contribution in [0, 0.1) is 0 Å². The molecule has 1 atom stereocenters. The third kappa shape index (κ3) is 3.68. The minimum absolute atomic E-state index is 0.111. The van der Waals surface area contributed by atoms with Gasteiger partial charge >= 0.3 is 0 Å². The van der Waals surface area contributed by atoms with Gasteiger partial charge in [-0.1, -0.05) is 47.7 Å². The van der Waals surface area contributed by atoms with Crippen LogP contribution in [0.1, 0.15) is 24.8 Å². The van der Waals surface area contributed by atoms with Gasteiger partial charge in [-0.05, 0) is 37.0 Å². The summed E-state index contributed by atoms with van der Waals surface area (Å²) < 4.78 is 0.911. The molecule has 7 heteroatoms. The number of hydrogen-bond acceptors (Lipinski definition) is 7. The summed E-state index contributed by atoms with van der Waals surface area (Å²) in [4.78, 5) is 33.1. The molecular weight excluding hydrogens is 394 g/mol. The SMILES string of the molecule is O=C(CCc1ccccc1)[C@H]1CCCN1c1nc2ncnc(-c3ccccn3)c2s1. The van der Waals surface area contributed by atoms with Crippen LogP contribution in [-0.4, -0.2) is 38.3 Å². The molecule has 150 valence electrons. The second kappa shape index (κ2) is 8.28. The van der Waals surface area contributed by atoms with Gasteiger partial charge in [0.15, 0.2) is 16.6 Å². The van der Waals surface area contributed by atoms with Crippen molar-refractivity contribution in [2.24, 2.45) is 0 Å². The smallest absolute Gasteiger partial charge is 0.188 e. The minimum Gasteiger partial charge on any atom is -0.338 e. The van der Waals surface area contributed by atoms with Crippen molar-refractivity contribution in [1.29, 1.82) is 0 Å². The number of carbonyl (C=O) groups is 1. The van der Waals surface area contributed by atoms with Crippen molar-refractivity contribution in [3.63, 3.8) is 0 Å². The Morgan fingerprint density at radius 1 is 1.07 bits per heavy atom. The monoisotopic (exact) mass is 415 g/mol. The van der Waals surface area contributed by atoms with Crippen molar-refractivity contribution in [2.45, 2.75) is 31.7 Å². The summed E-state index contributed by atoms with van der Waals surface area (Å²) >= 11 is 1.55. The summed E-state index contributed by atoms with van der Waals surface area (Å²) in [5, 5.41) is 0.846. The second-order valence-corrected chi connectivity index (χ2v) is 8.37. The molecule has 0 amide bonds. The first-order valence-electron chi connectivity index (χ1n) is 10.2. The zero-order chi connectivity index (χ0) is 20.3. The van der Waals surface area contributed by atoms with Gasteiger partial charge in [-0.3, -0.25) is 9.78 Å². The fraction of sp³-hybridized carbons (Fsp3) is 0.261. The van der Waals surface area contributed by atoms with E-state index in [1.807, 2.05) is 36.4 Å². The highest BCUT2D eigenvalue weighted by Gasteiger charge is 2.32. The Morgan fingerprint density at radius 3 is 2.77 bits per heavy atom. The number of anilines is 1. The van der Waals surface area contributed by atoms with E-state index in [9.17, 15) is 4.79 Å². The molecule has 0 N–H and O–H groups in total. The Balaban J connectivity index is 1.40. The van der Waals surface area contributed by atoms with Crippen LogP contribution in [0.2, 0.25) is 0 Å². The van der Waals surface area contributed by atoms with Crippen LogP contribution in [0.4, 0.5) is 5.13 Å². The first-order valence-corrected chi connectivity index (χ1v) is 11.0. The highest BCUT2D eigenvalue weighted by Crippen LogP contribution is 2.36. The van der Waals surface area contributed by atoms with E-state index in [-0.39, 0.29) is 11.8 Å². The van der Waals surface area contributed by atoms with Crippen molar-refractivity contribution in [1.82, 2.24) is 19.9 Å². The fourth-order valence-corrected chi connectivity index (χ4v) is 5.05. The first kappa shape index (κ1) is 18.8. The van der Waals surface area contributed by atoms with Crippen LogP contribution >= 0.6 is 11.3 Å². The van der Waals surface area contributed by atoms with Crippen molar-refractivity contribution in [3.8, 4) is 11.4 Å². The number of ketones is 1. The van der Waals surface area contributed by atoms with Crippen LogP contribution in [0.3, 0.4) is 0 Å². The van der Waals surface area contributed by atoms with Crippen LogP contribution < -0.4 is 4.90 Å². The maximum Gasteiger partial charge on any atom is 0.188 e. The maximum atomic E-state index is 13.0. The molecule has 1 fully saturated rings. The number of carbonyl (C=O) groups excluding carboxylic acids is 1. The van der Waals surface area contributed by atoms with Gasteiger partial charge < -0.3 is 4.90 Å². The average Bonchev–Trinajstić information content (AvgIpc) is 3.45. The molecule has 0 spiro atoms. The molecule has 1 aliphatic heterocycles. The fourth-order valence-electron chi connectivity index (χ4n) is 3.96. The number of aryl methyl sites for hydroxylation is 1. The molecule has 4 aromatic rings. The molecule has 0 saturated carbocycles. The van der Waals surface area contributed by atoms with E-state index >= 15 is 0 Å². The Morgan fingerprint density at radius 2 is 1.93 bits per heavy atom. The number of thiazole rings is 1. The third-order valence-corrected chi connectivity index (χ3v) is 6.55. The molecule has 30 heavy (non-hydrogen) atoms. The van der Waals surface area contributed by atoms with Crippen LogP contribution in [0.15, 0.2) is 61.1 Å². The van der Waals surface area contributed by atoms with Gasteiger partial charge in [0, 0.05) is 19.2 Å². The molecule has 5 rings (SSSR count). The summed E-state index contributed by atoms with van der Waals surface area (Å²) in [7, 11) is 0. The van der Waals surface area contributed by atoms with E-state index in [4.69, 9.17) is 4.98 Å². The predicted molar refractivity (Wildman–Crippen MR) is 119 cm³/mol. The largest absolute Gasteiger partial charge is 0.338 e. The standard InChI is InChI=1S/C23H21N5OS/c29-19(12-11-16-7-2-1-3-8-16)18-10-6-14-28(18)23-27-22-21(30-23)20(25-15-26-22)17-9-4-5-13-24-17/h1-5,7-9,13,15,18H,6,10-12,14H2/t18-/m1/s1. The summed E-state index contributed by atoms with van der Waals surface area (Å²) in [6, 6.07) is 15.8. The molecule has 4 heterocycles. The Kier molecular flexibility index (Phi) is 5.19. The van der Waals surface area contributed by atoms with Gasteiger partial charge in [0.2, 0.25) is 0 Å². The number of Topliss-reactive ketones (excluding diaryl/α,β-unsaturated/α-hetero) is 1. The normalized spacial score (nSPS) is 16.3. The van der Waals surface area contributed by atoms with Crippen molar-refractivity contribution in [2.75, 3.05) is 11.4 Å². The number of aromatic nitrogens is 4. The Hall–Kier alpha value is -3.19. The minimum atomic E-state index is -0.111. The molecular formula is C23H21N5OS. The highest BCUT2D eigenvalue weighted by atomic mass is 32.1. The lowest BCUT2D eigenvalue weighted by molar-refractivity contribution is -0.120. The number of benzene rings is 1. The molecule has 1 aliphatic rings. The van der Waals surface area contributed by atoms with Crippen molar-refractivity contribution >= 4 is 32.6 Å². The van der Waals surface area contributed by atoms with E-state index in [0.29, 0.717) is 12.1 Å². The quantitative estimate of drug-likeness (QED) is 0.467. The molecule has 1 saturated heterocycles. The van der Waals surface area contributed by atoms with E-state index in [2.05, 4.69) is 32.0 Å². The summed E-state index contributed by atoms with van der Waals surface area (Å²) in [5.74, 6) is 0.284. The summed E-state index contributed by atoms with van der Waals surface area (Å²) in [6.07, 6.45) is 6.49. The predicted octanol–water partition coefficient (Wildman–Crippen LogP) is 4.32. The van der Waals surface area contributed by atoms with E-state index in [0.717, 1.165) is 47.0 Å². The average molecular weight is 416 g/mol. The first-order chi connectivity index (χ1) is 14.8. The molecule has 0 radical (unpaired) electrons. The van der Waals surface area contributed by atoms with Gasteiger partial charge in [0.1, 0.15) is 16.7 Å². The van der Waals surface area contributed by atoms with Gasteiger partial charge in [0.25, 0.3) is 0 Å².